The van der Waals surface area contributed by atoms with Crippen molar-refractivity contribution in [2.24, 2.45) is 0 Å². The van der Waals surface area contributed by atoms with Crippen molar-refractivity contribution in [1.29, 1.82) is 0 Å². The largest absolute Gasteiger partial charge is 0.451 e. The Morgan fingerprint density at radius 1 is 1.33 bits per heavy atom. The Morgan fingerprint density at radius 3 is 3.00 bits per heavy atom. The second-order valence-corrected chi connectivity index (χ2v) is 7.84. The van der Waals surface area contributed by atoms with Crippen LogP contribution < -0.4 is 5.32 Å². The third-order valence-electron chi connectivity index (χ3n) is 4.26. The van der Waals surface area contributed by atoms with Crippen molar-refractivity contribution < 1.29 is 9.21 Å². The summed E-state index contributed by atoms with van der Waals surface area (Å²) in [6.07, 6.45) is 6.52. The summed E-state index contributed by atoms with van der Waals surface area (Å²) in [4.78, 5) is 18.6. The smallest absolute Gasteiger partial charge is 0.293 e. The van der Waals surface area contributed by atoms with Crippen LogP contribution in [0.25, 0.3) is 11.0 Å². The Labute approximate surface area is 148 Å². The van der Waals surface area contributed by atoms with Gasteiger partial charge in [-0.2, -0.15) is 11.8 Å². The summed E-state index contributed by atoms with van der Waals surface area (Å²) in [7, 11) is 0. The molecule has 1 aliphatic carbocycles. The maximum absolute atomic E-state index is 12.7. The van der Waals surface area contributed by atoms with Gasteiger partial charge in [0.05, 0.1) is 5.69 Å². The zero-order valence-electron chi connectivity index (χ0n) is 13.4. The number of fused-ring (bicyclic) bond motifs is 2. The third-order valence-corrected chi connectivity index (χ3v) is 5.91. The molecule has 0 unspecified atom stereocenters. The fraction of sp³-hybridized carbons (Fsp3) is 0.333. The molecule has 24 heavy (non-hydrogen) atoms. The minimum absolute atomic E-state index is 0.207. The van der Waals surface area contributed by atoms with Gasteiger partial charge in [-0.1, -0.05) is 18.2 Å². The minimum atomic E-state index is -0.207. The molecule has 124 valence electrons. The number of benzene rings is 1. The molecule has 0 bridgehead atoms. The zero-order chi connectivity index (χ0) is 16.5. The van der Waals surface area contributed by atoms with Crippen LogP contribution in [0.2, 0.25) is 0 Å². The molecule has 0 spiro atoms. The van der Waals surface area contributed by atoms with Crippen LogP contribution >= 0.6 is 23.1 Å². The lowest BCUT2D eigenvalue weighted by molar-refractivity contribution is 0.0998. The van der Waals surface area contributed by atoms with E-state index in [-0.39, 0.29) is 5.91 Å². The lowest BCUT2D eigenvalue weighted by Crippen LogP contribution is -2.12. The fourth-order valence-corrected chi connectivity index (χ4v) is 4.75. The van der Waals surface area contributed by atoms with Crippen LogP contribution in [-0.4, -0.2) is 17.1 Å². The van der Waals surface area contributed by atoms with E-state index in [1.807, 2.05) is 30.5 Å². The zero-order valence-corrected chi connectivity index (χ0v) is 15.1. The van der Waals surface area contributed by atoms with Gasteiger partial charge in [0, 0.05) is 21.6 Å². The SMILES string of the molecule is CSCc1c(C(=O)Nc2nc3c(s2)CCCC3)oc2ccccc12. The first-order chi connectivity index (χ1) is 11.8. The van der Waals surface area contributed by atoms with Crippen LogP contribution in [-0.2, 0) is 18.6 Å². The summed E-state index contributed by atoms with van der Waals surface area (Å²) in [5.74, 6) is 0.939. The molecular weight excluding hydrogens is 340 g/mol. The molecule has 0 fully saturated rings. The first-order valence-electron chi connectivity index (χ1n) is 8.05. The molecule has 4 nitrogen and oxygen atoms in total. The lowest BCUT2D eigenvalue weighted by atomic mass is 10.0. The molecule has 3 aromatic rings. The highest BCUT2D eigenvalue weighted by Gasteiger charge is 2.22. The number of nitrogens with one attached hydrogen (secondary N) is 1. The van der Waals surface area contributed by atoms with Gasteiger partial charge in [-0.25, -0.2) is 4.98 Å². The molecule has 1 aromatic carbocycles. The first kappa shape index (κ1) is 15.7. The van der Waals surface area contributed by atoms with Gasteiger partial charge >= 0.3 is 0 Å². The maximum Gasteiger partial charge on any atom is 0.293 e. The molecule has 2 aromatic heterocycles. The van der Waals surface area contributed by atoms with E-state index < -0.39 is 0 Å². The number of para-hydroxylation sites is 1. The highest BCUT2D eigenvalue weighted by molar-refractivity contribution is 7.97. The molecule has 6 heteroatoms. The summed E-state index contributed by atoms with van der Waals surface area (Å²) in [6.45, 7) is 0. The number of rotatable bonds is 4. The van der Waals surface area contributed by atoms with Crippen LogP contribution in [0.15, 0.2) is 28.7 Å². The van der Waals surface area contributed by atoms with Crippen molar-refractivity contribution in [3.8, 4) is 0 Å². The van der Waals surface area contributed by atoms with Crippen LogP contribution in [0.4, 0.5) is 5.13 Å². The second kappa shape index (κ2) is 6.61. The first-order valence-corrected chi connectivity index (χ1v) is 10.3. The number of nitrogens with zero attached hydrogens (tertiary/aromatic N) is 1. The number of furan rings is 1. The Kier molecular flexibility index (Phi) is 4.33. The number of aromatic nitrogens is 1. The summed E-state index contributed by atoms with van der Waals surface area (Å²) >= 11 is 3.28. The van der Waals surface area contributed by atoms with E-state index >= 15 is 0 Å². The number of anilines is 1. The van der Waals surface area contributed by atoms with Gasteiger partial charge < -0.3 is 4.42 Å². The number of amides is 1. The van der Waals surface area contributed by atoms with Crippen LogP contribution in [0, 0.1) is 0 Å². The molecule has 2 heterocycles. The predicted octanol–water partition coefficient (Wildman–Crippen LogP) is 4.88. The van der Waals surface area contributed by atoms with Gasteiger partial charge in [0.15, 0.2) is 10.9 Å². The Balaban J connectivity index is 1.65. The minimum Gasteiger partial charge on any atom is -0.451 e. The van der Waals surface area contributed by atoms with Gasteiger partial charge in [0.2, 0.25) is 0 Å². The summed E-state index contributed by atoms with van der Waals surface area (Å²) in [6, 6.07) is 7.80. The highest BCUT2D eigenvalue weighted by Crippen LogP contribution is 2.32. The number of hydrogen-bond donors (Lipinski definition) is 1. The van der Waals surface area contributed by atoms with Gasteiger partial charge in [-0.05, 0) is 38.0 Å². The average molecular weight is 358 g/mol. The number of hydrogen-bond acceptors (Lipinski definition) is 5. The van der Waals surface area contributed by atoms with Crippen molar-refractivity contribution in [2.45, 2.75) is 31.4 Å². The Bertz CT molecular complexity index is 874. The van der Waals surface area contributed by atoms with E-state index in [4.69, 9.17) is 4.42 Å². The van der Waals surface area contributed by atoms with Gasteiger partial charge in [-0.3, -0.25) is 10.1 Å². The summed E-state index contributed by atoms with van der Waals surface area (Å²) in [5, 5.41) is 4.63. The van der Waals surface area contributed by atoms with Gasteiger partial charge in [0.1, 0.15) is 5.58 Å². The number of thiazole rings is 1. The molecule has 1 amide bonds. The fourth-order valence-electron chi connectivity index (χ4n) is 3.13. The second-order valence-electron chi connectivity index (χ2n) is 5.89. The van der Waals surface area contributed by atoms with Crippen molar-refractivity contribution in [3.63, 3.8) is 0 Å². The van der Waals surface area contributed by atoms with E-state index in [0.29, 0.717) is 10.9 Å². The molecule has 0 saturated carbocycles. The lowest BCUT2D eigenvalue weighted by Gasteiger charge is -2.06. The number of thioether (sulfide) groups is 1. The maximum atomic E-state index is 12.7. The molecule has 0 saturated heterocycles. The van der Waals surface area contributed by atoms with Crippen molar-refractivity contribution in [1.82, 2.24) is 4.98 Å². The highest BCUT2D eigenvalue weighted by atomic mass is 32.2. The van der Waals surface area contributed by atoms with E-state index in [0.717, 1.165) is 40.8 Å². The summed E-state index contributed by atoms with van der Waals surface area (Å²) in [5.41, 5.74) is 2.86. The number of carbonyl (C=O) groups is 1. The van der Waals surface area contributed by atoms with E-state index in [1.54, 1.807) is 23.1 Å². The molecule has 1 aliphatic rings. The monoisotopic (exact) mass is 358 g/mol. The van der Waals surface area contributed by atoms with Crippen molar-refractivity contribution in [3.05, 3.63) is 46.2 Å². The van der Waals surface area contributed by atoms with Crippen molar-refractivity contribution in [2.75, 3.05) is 11.6 Å². The van der Waals surface area contributed by atoms with Crippen molar-refractivity contribution >= 4 is 45.1 Å². The quantitative estimate of drug-likeness (QED) is 0.722. The Morgan fingerprint density at radius 2 is 2.17 bits per heavy atom. The summed E-state index contributed by atoms with van der Waals surface area (Å²) < 4.78 is 5.84. The topological polar surface area (TPSA) is 55.1 Å². The van der Waals surface area contributed by atoms with E-state index in [2.05, 4.69) is 10.3 Å². The Hall–Kier alpha value is -1.79. The van der Waals surface area contributed by atoms with Gasteiger partial charge in [0.25, 0.3) is 5.91 Å². The predicted molar refractivity (Wildman–Crippen MR) is 100 cm³/mol. The number of aryl methyl sites for hydroxylation is 2. The standard InChI is InChI=1S/C18H18N2O2S2/c1-23-10-12-11-6-2-4-8-14(11)22-16(12)17(21)20-18-19-13-7-3-5-9-15(13)24-18/h2,4,6,8H,3,5,7,9-10H2,1H3,(H,19,20,21). The molecule has 0 atom stereocenters. The molecule has 1 N–H and O–H groups in total. The van der Waals surface area contributed by atoms with Crippen LogP contribution in [0.5, 0.6) is 0 Å². The normalized spacial score (nSPS) is 13.9. The molecule has 0 aliphatic heterocycles. The number of carbonyl (C=O) groups excluding carboxylic acids is 1. The molecule has 0 radical (unpaired) electrons. The van der Waals surface area contributed by atoms with E-state index in [9.17, 15) is 4.79 Å². The van der Waals surface area contributed by atoms with Crippen LogP contribution in [0.3, 0.4) is 0 Å². The van der Waals surface area contributed by atoms with E-state index in [1.165, 1.54) is 17.7 Å². The van der Waals surface area contributed by atoms with Crippen LogP contribution in [0.1, 0.15) is 39.5 Å². The third kappa shape index (κ3) is 2.84. The van der Waals surface area contributed by atoms with Gasteiger partial charge in [-0.15, -0.1) is 11.3 Å². The molecule has 4 rings (SSSR count). The average Bonchev–Trinajstić information content (AvgIpc) is 3.16. The molecular formula is C18H18N2O2S2.